The van der Waals surface area contributed by atoms with E-state index in [1.807, 2.05) is 54.7 Å². The molecule has 0 aliphatic carbocycles. The molecule has 1 N–H and O–H groups in total. The molecule has 4 aromatic rings. The van der Waals surface area contributed by atoms with Gasteiger partial charge in [0.15, 0.2) is 0 Å². The number of anilines is 1. The van der Waals surface area contributed by atoms with Gasteiger partial charge in [0, 0.05) is 53.5 Å². The smallest absolute Gasteiger partial charge is 0.271 e. The lowest BCUT2D eigenvalue weighted by Gasteiger charge is -2.17. The van der Waals surface area contributed by atoms with Crippen LogP contribution in [0.5, 0.6) is 0 Å². The summed E-state index contributed by atoms with van der Waals surface area (Å²) in [5.41, 5.74) is 7.32. The van der Waals surface area contributed by atoms with E-state index in [1.54, 1.807) is 18.3 Å². The third-order valence-electron chi connectivity index (χ3n) is 6.06. The predicted molar refractivity (Wildman–Crippen MR) is 130 cm³/mol. The lowest BCUT2D eigenvalue weighted by Crippen LogP contribution is -2.19. The van der Waals surface area contributed by atoms with E-state index < -0.39 is 0 Å². The van der Waals surface area contributed by atoms with Gasteiger partial charge in [0.2, 0.25) is 0 Å². The zero-order chi connectivity index (χ0) is 22.6. The number of carbonyl (C=O) groups is 1. The number of nitrogens with zero attached hydrogens (tertiary/aromatic N) is 3. The number of benzene rings is 3. The quantitative estimate of drug-likeness (QED) is 0.331. The average Bonchev–Trinajstić information content (AvgIpc) is 3.50. The van der Waals surface area contributed by atoms with Crippen molar-refractivity contribution in [1.29, 1.82) is 0 Å². The molecule has 6 heteroatoms. The molecule has 5 rings (SSSR count). The second kappa shape index (κ2) is 9.28. The number of halogens is 1. The van der Waals surface area contributed by atoms with E-state index in [2.05, 4.69) is 20.0 Å². The molecule has 33 heavy (non-hydrogen) atoms. The van der Waals surface area contributed by atoms with Gasteiger partial charge in [-0.05, 0) is 60.9 Å². The summed E-state index contributed by atoms with van der Waals surface area (Å²) in [7, 11) is 0. The molecule has 1 saturated heterocycles. The summed E-state index contributed by atoms with van der Waals surface area (Å²) >= 11 is 0. The molecule has 3 aromatic carbocycles. The Morgan fingerprint density at radius 2 is 1.70 bits per heavy atom. The number of aromatic nitrogens is 1. The maximum Gasteiger partial charge on any atom is 0.271 e. The molecule has 0 spiro atoms. The zero-order valence-corrected chi connectivity index (χ0v) is 18.2. The number of amides is 1. The lowest BCUT2D eigenvalue weighted by atomic mass is 10.2. The minimum atomic E-state index is -0.245. The predicted octanol–water partition coefficient (Wildman–Crippen LogP) is 5.19. The summed E-state index contributed by atoms with van der Waals surface area (Å²) in [6.07, 6.45) is 6.10. The molecule has 0 bridgehead atoms. The Balaban J connectivity index is 1.30. The highest BCUT2D eigenvalue weighted by Gasteiger charge is 2.13. The molecule has 1 amide bonds. The van der Waals surface area contributed by atoms with Gasteiger partial charge < -0.3 is 9.47 Å². The van der Waals surface area contributed by atoms with E-state index in [1.165, 1.54) is 25.0 Å². The van der Waals surface area contributed by atoms with Crippen molar-refractivity contribution < 1.29 is 9.18 Å². The van der Waals surface area contributed by atoms with Gasteiger partial charge in [0.1, 0.15) is 5.82 Å². The first-order valence-corrected chi connectivity index (χ1v) is 11.2. The Labute approximate surface area is 192 Å². The molecule has 5 nitrogen and oxygen atoms in total. The van der Waals surface area contributed by atoms with Gasteiger partial charge in [-0.1, -0.05) is 30.3 Å². The number of hydrazone groups is 1. The molecule has 166 valence electrons. The number of para-hydroxylation sites is 1. The Hall–Kier alpha value is -3.93. The summed E-state index contributed by atoms with van der Waals surface area (Å²) in [4.78, 5) is 14.9. The van der Waals surface area contributed by atoms with Gasteiger partial charge in [-0.3, -0.25) is 4.79 Å². The SMILES string of the molecule is O=C(N/N=C\c1cn(Cc2ccc(F)cc2)c2ccccc12)c1ccc(N2CCCC2)cc1. The summed E-state index contributed by atoms with van der Waals surface area (Å²) in [5, 5.41) is 5.24. The van der Waals surface area contributed by atoms with Gasteiger partial charge in [0.25, 0.3) is 5.91 Å². The standard InChI is InChI=1S/C27H25FN4O/c28-23-11-7-20(8-12-23)18-32-19-22(25-5-1-2-6-26(25)32)17-29-30-27(33)21-9-13-24(14-10-21)31-15-3-4-16-31/h1-2,5-14,17,19H,3-4,15-16,18H2,(H,30,33)/b29-17-. The van der Waals surface area contributed by atoms with Crippen LogP contribution in [0.25, 0.3) is 10.9 Å². The fraction of sp³-hybridized carbons (Fsp3) is 0.185. The molecule has 0 unspecified atom stereocenters. The molecular weight excluding hydrogens is 415 g/mol. The van der Waals surface area contributed by atoms with Gasteiger partial charge in [-0.15, -0.1) is 0 Å². The Kier molecular flexibility index (Phi) is 5.89. The summed E-state index contributed by atoms with van der Waals surface area (Å²) in [6, 6.07) is 22.2. The van der Waals surface area contributed by atoms with Crippen molar-refractivity contribution in [2.24, 2.45) is 5.10 Å². The Morgan fingerprint density at radius 3 is 2.45 bits per heavy atom. The number of rotatable bonds is 6. The van der Waals surface area contributed by atoms with Crippen LogP contribution in [0.1, 0.15) is 34.3 Å². The van der Waals surface area contributed by atoms with E-state index in [9.17, 15) is 9.18 Å². The van der Waals surface area contributed by atoms with Crippen LogP contribution in [-0.2, 0) is 6.54 Å². The normalized spacial score (nSPS) is 13.8. The van der Waals surface area contributed by atoms with Gasteiger partial charge >= 0.3 is 0 Å². The number of fused-ring (bicyclic) bond motifs is 1. The first-order chi connectivity index (χ1) is 16.2. The van der Waals surface area contributed by atoms with Crippen molar-refractivity contribution in [2.45, 2.75) is 19.4 Å². The highest BCUT2D eigenvalue weighted by molar-refractivity contribution is 6.00. The number of hydrogen-bond acceptors (Lipinski definition) is 3. The lowest BCUT2D eigenvalue weighted by molar-refractivity contribution is 0.0955. The fourth-order valence-electron chi connectivity index (χ4n) is 4.32. The van der Waals surface area contributed by atoms with Crippen molar-refractivity contribution in [2.75, 3.05) is 18.0 Å². The minimum Gasteiger partial charge on any atom is -0.372 e. The molecular formula is C27H25FN4O. The molecule has 1 aliphatic rings. The van der Waals surface area contributed by atoms with Crippen LogP contribution in [0, 0.1) is 5.82 Å². The second-order valence-corrected chi connectivity index (χ2v) is 8.30. The molecule has 2 heterocycles. The van der Waals surface area contributed by atoms with Crippen molar-refractivity contribution in [3.8, 4) is 0 Å². The summed E-state index contributed by atoms with van der Waals surface area (Å²) < 4.78 is 15.3. The van der Waals surface area contributed by atoms with Gasteiger partial charge in [-0.2, -0.15) is 5.10 Å². The Bertz CT molecular complexity index is 1290. The van der Waals surface area contributed by atoms with Crippen LogP contribution in [0.4, 0.5) is 10.1 Å². The largest absolute Gasteiger partial charge is 0.372 e. The molecule has 1 aliphatic heterocycles. The minimum absolute atomic E-state index is 0.241. The van der Waals surface area contributed by atoms with Crippen molar-refractivity contribution >= 4 is 28.7 Å². The second-order valence-electron chi connectivity index (χ2n) is 8.30. The fourth-order valence-corrected chi connectivity index (χ4v) is 4.32. The van der Waals surface area contributed by atoms with Crippen LogP contribution >= 0.6 is 0 Å². The monoisotopic (exact) mass is 440 g/mol. The van der Waals surface area contributed by atoms with E-state index in [-0.39, 0.29) is 11.7 Å². The molecule has 0 atom stereocenters. The molecule has 1 aromatic heterocycles. The zero-order valence-electron chi connectivity index (χ0n) is 18.2. The molecule has 0 saturated carbocycles. The maximum atomic E-state index is 13.2. The third kappa shape index (κ3) is 4.65. The molecule has 1 fully saturated rings. The number of nitrogens with one attached hydrogen (secondary N) is 1. The van der Waals surface area contributed by atoms with E-state index in [0.29, 0.717) is 12.1 Å². The first kappa shape index (κ1) is 20.9. The van der Waals surface area contributed by atoms with Crippen LogP contribution in [-0.4, -0.2) is 29.8 Å². The first-order valence-electron chi connectivity index (χ1n) is 11.2. The van der Waals surface area contributed by atoms with Crippen molar-refractivity contribution in [3.05, 3.63) is 102 Å². The third-order valence-corrected chi connectivity index (χ3v) is 6.06. The summed E-state index contributed by atoms with van der Waals surface area (Å²) in [5.74, 6) is -0.486. The maximum absolute atomic E-state index is 13.2. The molecule has 0 radical (unpaired) electrons. The van der Waals surface area contributed by atoms with Crippen LogP contribution < -0.4 is 10.3 Å². The Morgan fingerprint density at radius 1 is 0.970 bits per heavy atom. The summed E-state index contributed by atoms with van der Waals surface area (Å²) in [6.45, 7) is 2.76. The highest BCUT2D eigenvalue weighted by Crippen LogP contribution is 2.22. The van der Waals surface area contributed by atoms with Crippen LogP contribution in [0.15, 0.2) is 84.1 Å². The highest BCUT2D eigenvalue weighted by atomic mass is 19.1. The number of hydrogen-bond donors (Lipinski definition) is 1. The average molecular weight is 441 g/mol. The topological polar surface area (TPSA) is 49.6 Å². The van der Waals surface area contributed by atoms with Gasteiger partial charge in [0.05, 0.1) is 6.21 Å². The van der Waals surface area contributed by atoms with Gasteiger partial charge in [-0.25, -0.2) is 9.82 Å². The van der Waals surface area contributed by atoms with Crippen LogP contribution in [0.3, 0.4) is 0 Å². The van der Waals surface area contributed by atoms with Crippen molar-refractivity contribution in [1.82, 2.24) is 9.99 Å². The van der Waals surface area contributed by atoms with Crippen molar-refractivity contribution in [3.63, 3.8) is 0 Å². The van der Waals surface area contributed by atoms with Crippen LogP contribution in [0.2, 0.25) is 0 Å². The van der Waals surface area contributed by atoms with E-state index in [4.69, 9.17) is 0 Å². The number of carbonyl (C=O) groups excluding carboxylic acids is 1. The van der Waals surface area contributed by atoms with E-state index >= 15 is 0 Å². The van der Waals surface area contributed by atoms with E-state index in [0.717, 1.165) is 40.8 Å².